The van der Waals surface area contributed by atoms with Gasteiger partial charge in [0.15, 0.2) is 6.04 Å². The molecule has 0 saturated carbocycles. The first-order chi connectivity index (χ1) is 12.6. The van der Waals surface area contributed by atoms with Gasteiger partial charge in [-0.15, -0.1) is 0 Å². The maximum Gasteiger partial charge on any atom is 0.490 e. The minimum atomic E-state index is -5.53. The second-order valence-electron chi connectivity index (χ2n) is 6.13. The molecular weight excluding hydrogens is 403 g/mol. The van der Waals surface area contributed by atoms with Crippen molar-refractivity contribution in [3.8, 4) is 0 Å². The van der Waals surface area contributed by atoms with Crippen molar-refractivity contribution < 1.29 is 45.1 Å². The van der Waals surface area contributed by atoms with E-state index < -0.39 is 47.5 Å². The summed E-state index contributed by atoms with van der Waals surface area (Å²) in [6.07, 6.45) is -8.78. The van der Waals surface area contributed by atoms with Crippen LogP contribution >= 0.6 is 0 Å². The van der Waals surface area contributed by atoms with Gasteiger partial charge in [-0.1, -0.05) is 0 Å². The van der Waals surface area contributed by atoms with E-state index in [0.29, 0.717) is 13.8 Å². The van der Waals surface area contributed by atoms with E-state index >= 15 is 0 Å². The highest BCUT2D eigenvalue weighted by Crippen LogP contribution is 2.32. The van der Waals surface area contributed by atoms with Crippen molar-refractivity contribution >= 4 is 17.4 Å². The number of nitrogens with zero attached hydrogens (tertiary/aromatic N) is 2. The maximum atomic E-state index is 13.6. The standard InChI is InChI=1S/C15H12F7N3O3/c1-13(2,28-12(27)15(20,21)22)11(14(17,18)19)24-10(26)9-23-6-8-7(16)4-3-5-25(8)9/h3-6,11H,1-2H3,(H,24,26). The van der Waals surface area contributed by atoms with Crippen LogP contribution in [0.25, 0.3) is 5.52 Å². The molecule has 6 nitrogen and oxygen atoms in total. The Balaban J connectivity index is 2.35. The number of amides is 1. The second-order valence-corrected chi connectivity index (χ2v) is 6.13. The number of ether oxygens (including phenoxy) is 1. The Hall–Kier alpha value is -2.86. The number of carbonyl (C=O) groups excluding carboxylic acids is 2. The van der Waals surface area contributed by atoms with Gasteiger partial charge in [0.05, 0.1) is 6.20 Å². The van der Waals surface area contributed by atoms with Gasteiger partial charge in [-0.05, 0) is 26.0 Å². The number of esters is 1. The Labute approximate surface area is 152 Å². The summed E-state index contributed by atoms with van der Waals surface area (Å²) >= 11 is 0. The number of aromatic nitrogens is 2. The molecule has 1 N–H and O–H groups in total. The average molecular weight is 415 g/mol. The van der Waals surface area contributed by atoms with Crippen molar-refractivity contribution in [2.24, 2.45) is 0 Å². The third-order valence-corrected chi connectivity index (χ3v) is 3.61. The quantitative estimate of drug-likeness (QED) is 0.616. The largest absolute Gasteiger partial charge is 0.490 e. The number of fused-ring (bicyclic) bond motifs is 1. The molecule has 1 atom stereocenters. The number of alkyl halides is 6. The van der Waals surface area contributed by atoms with Gasteiger partial charge in [0.1, 0.15) is 16.9 Å². The lowest BCUT2D eigenvalue weighted by Crippen LogP contribution is -2.60. The molecule has 2 aromatic rings. The fraction of sp³-hybridized carbons (Fsp3) is 0.400. The van der Waals surface area contributed by atoms with E-state index in [4.69, 9.17) is 0 Å². The number of pyridine rings is 1. The van der Waals surface area contributed by atoms with Crippen LogP contribution in [0, 0.1) is 5.82 Å². The van der Waals surface area contributed by atoms with Gasteiger partial charge in [0.25, 0.3) is 5.91 Å². The molecule has 0 aliphatic rings. The number of hydrogen-bond acceptors (Lipinski definition) is 4. The van der Waals surface area contributed by atoms with E-state index in [9.17, 15) is 40.3 Å². The molecule has 1 amide bonds. The molecule has 0 aromatic carbocycles. The van der Waals surface area contributed by atoms with E-state index in [-0.39, 0.29) is 5.52 Å². The molecule has 154 valence electrons. The zero-order valence-electron chi connectivity index (χ0n) is 14.2. The molecular formula is C15H12F7N3O3. The molecule has 28 heavy (non-hydrogen) atoms. The Morgan fingerprint density at radius 1 is 1.18 bits per heavy atom. The van der Waals surface area contributed by atoms with Gasteiger partial charge in [0.2, 0.25) is 5.82 Å². The maximum absolute atomic E-state index is 13.6. The minimum absolute atomic E-state index is 0.209. The van der Waals surface area contributed by atoms with Crippen molar-refractivity contribution in [3.63, 3.8) is 0 Å². The Morgan fingerprint density at radius 2 is 1.79 bits per heavy atom. The molecule has 0 aliphatic carbocycles. The zero-order chi connectivity index (χ0) is 21.5. The second kappa shape index (κ2) is 6.95. The molecule has 0 saturated heterocycles. The third-order valence-electron chi connectivity index (χ3n) is 3.61. The van der Waals surface area contributed by atoms with Crippen LogP contribution < -0.4 is 5.32 Å². The summed E-state index contributed by atoms with van der Waals surface area (Å²) in [5.74, 6) is -5.78. The van der Waals surface area contributed by atoms with Crippen LogP contribution in [0.5, 0.6) is 0 Å². The number of carbonyl (C=O) groups is 2. The summed E-state index contributed by atoms with van der Waals surface area (Å²) in [6, 6.07) is -0.826. The summed E-state index contributed by atoms with van der Waals surface area (Å²) in [7, 11) is 0. The first-order valence-electron chi connectivity index (χ1n) is 7.44. The fourth-order valence-electron chi connectivity index (χ4n) is 2.36. The van der Waals surface area contributed by atoms with Crippen molar-refractivity contribution in [2.45, 2.75) is 37.8 Å². The molecule has 0 fully saturated rings. The van der Waals surface area contributed by atoms with Crippen LogP contribution in [0.2, 0.25) is 0 Å². The zero-order valence-corrected chi connectivity index (χ0v) is 14.2. The SMILES string of the molecule is CC(C)(OC(=O)C(F)(F)F)C(NC(=O)c1ncc2c(F)cccn12)C(F)(F)F. The van der Waals surface area contributed by atoms with Gasteiger partial charge in [-0.25, -0.2) is 14.2 Å². The van der Waals surface area contributed by atoms with Crippen LogP contribution in [-0.4, -0.2) is 45.3 Å². The lowest BCUT2D eigenvalue weighted by atomic mass is 9.97. The molecule has 2 aromatic heterocycles. The van der Waals surface area contributed by atoms with E-state index in [1.807, 2.05) is 0 Å². The third kappa shape index (κ3) is 4.34. The van der Waals surface area contributed by atoms with Crippen LogP contribution in [-0.2, 0) is 9.53 Å². The van der Waals surface area contributed by atoms with Crippen LogP contribution in [0.4, 0.5) is 30.7 Å². The predicted octanol–water partition coefficient (Wildman–Crippen LogP) is 3.02. The van der Waals surface area contributed by atoms with Gasteiger partial charge in [-0.2, -0.15) is 26.3 Å². The predicted molar refractivity (Wildman–Crippen MR) is 78.7 cm³/mol. The molecule has 2 heterocycles. The number of imidazole rings is 1. The molecule has 1 unspecified atom stereocenters. The summed E-state index contributed by atoms with van der Waals surface area (Å²) < 4.78 is 95.5. The summed E-state index contributed by atoms with van der Waals surface area (Å²) in [6.45, 7) is 1.11. The van der Waals surface area contributed by atoms with Gasteiger partial charge in [-0.3, -0.25) is 9.20 Å². The van der Waals surface area contributed by atoms with Crippen LogP contribution in [0.1, 0.15) is 24.5 Å². The topological polar surface area (TPSA) is 72.7 Å². The van der Waals surface area contributed by atoms with E-state index in [2.05, 4.69) is 9.72 Å². The first kappa shape index (κ1) is 21.4. The van der Waals surface area contributed by atoms with Crippen molar-refractivity contribution in [1.29, 1.82) is 0 Å². The molecule has 0 aliphatic heterocycles. The smallest absolute Gasteiger partial charge is 0.450 e. The van der Waals surface area contributed by atoms with E-state index in [1.165, 1.54) is 5.32 Å². The Morgan fingerprint density at radius 3 is 2.32 bits per heavy atom. The minimum Gasteiger partial charge on any atom is -0.450 e. The van der Waals surface area contributed by atoms with Gasteiger partial charge < -0.3 is 10.1 Å². The summed E-state index contributed by atoms with van der Waals surface area (Å²) in [5, 5.41) is 1.45. The highest BCUT2D eigenvalue weighted by Gasteiger charge is 2.55. The van der Waals surface area contributed by atoms with Gasteiger partial charge in [0, 0.05) is 6.20 Å². The van der Waals surface area contributed by atoms with Crippen molar-refractivity contribution in [2.75, 3.05) is 0 Å². The molecule has 13 heteroatoms. The van der Waals surface area contributed by atoms with Crippen LogP contribution in [0.3, 0.4) is 0 Å². The Kier molecular flexibility index (Phi) is 5.32. The van der Waals surface area contributed by atoms with Crippen molar-refractivity contribution in [3.05, 3.63) is 36.2 Å². The lowest BCUT2D eigenvalue weighted by Gasteiger charge is -2.35. The summed E-state index contributed by atoms with van der Waals surface area (Å²) in [4.78, 5) is 26.7. The van der Waals surface area contributed by atoms with Crippen molar-refractivity contribution in [1.82, 2.24) is 14.7 Å². The van der Waals surface area contributed by atoms with E-state index in [1.54, 1.807) is 0 Å². The summed E-state index contributed by atoms with van der Waals surface area (Å²) in [5.41, 5.74) is -3.03. The molecule has 0 bridgehead atoms. The first-order valence-corrected chi connectivity index (χ1v) is 7.44. The molecule has 2 rings (SSSR count). The molecule has 0 spiro atoms. The fourth-order valence-corrected chi connectivity index (χ4v) is 2.36. The number of halogens is 7. The number of rotatable bonds is 4. The highest BCUT2D eigenvalue weighted by molar-refractivity contribution is 5.92. The van der Waals surface area contributed by atoms with Gasteiger partial charge >= 0.3 is 18.3 Å². The monoisotopic (exact) mass is 415 g/mol. The molecule has 0 radical (unpaired) electrons. The number of hydrogen-bond donors (Lipinski definition) is 1. The highest BCUT2D eigenvalue weighted by atomic mass is 19.4. The van der Waals surface area contributed by atoms with Crippen LogP contribution in [0.15, 0.2) is 24.5 Å². The number of nitrogens with one attached hydrogen (secondary N) is 1. The normalized spacial score (nSPS) is 14.0. The lowest BCUT2D eigenvalue weighted by molar-refractivity contribution is -0.233. The Bertz CT molecular complexity index is 902. The van der Waals surface area contributed by atoms with E-state index in [0.717, 1.165) is 28.9 Å². The average Bonchev–Trinajstić information content (AvgIpc) is 2.95.